The van der Waals surface area contributed by atoms with Gasteiger partial charge in [0.15, 0.2) is 0 Å². The third-order valence-corrected chi connectivity index (χ3v) is 4.81. The van der Waals surface area contributed by atoms with Crippen LogP contribution in [-0.2, 0) is 14.3 Å². The maximum atomic E-state index is 12.2. The van der Waals surface area contributed by atoms with Crippen molar-refractivity contribution in [2.24, 2.45) is 0 Å². The Labute approximate surface area is 166 Å². The Bertz CT molecular complexity index is 952. The maximum absolute atomic E-state index is 12.2. The lowest BCUT2D eigenvalue weighted by Crippen LogP contribution is -2.41. The number of aliphatic carboxylic acids is 1. The van der Waals surface area contributed by atoms with Crippen LogP contribution in [0, 0.1) is 0 Å². The predicted octanol–water partition coefficient (Wildman–Crippen LogP) is 2.63. The molecule has 8 nitrogen and oxygen atoms in total. The first-order chi connectivity index (χ1) is 14.0. The first-order valence-electron chi connectivity index (χ1n) is 9.06. The van der Waals surface area contributed by atoms with E-state index in [4.69, 9.17) is 10.3 Å². The average Bonchev–Trinajstić information content (AvgIpc) is 3.03. The Kier molecular flexibility index (Phi) is 6.16. The summed E-state index contributed by atoms with van der Waals surface area (Å²) >= 11 is 0. The summed E-state index contributed by atoms with van der Waals surface area (Å²) in [6, 6.07) is 14.4. The Morgan fingerprint density at radius 1 is 1.10 bits per heavy atom. The molecule has 148 valence electrons. The summed E-state index contributed by atoms with van der Waals surface area (Å²) in [6.07, 6.45) is -0.524. The van der Waals surface area contributed by atoms with E-state index in [1.807, 2.05) is 48.5 Å². The van der Waals surface area contributed by atoms with E-state index >= 15 is 0 Å². The number of carbonyl (C=O) groups is 3. The number of benzene rings is 2. The molecule has 0 aromatic heterocycles. The van der Waals surface area contributed by atoms with Crippen molar-refractivity contribution in [2.45, 2.75) is 24.8 Å². The van der Waals surface area contributed by atoms with Gasteiger partial charge in [-0.3, -0.25) is 4.79 Å². The van der Waals surface area contributed by atoms with Crippen LogP contribution in [0.25, 0.3) is 16.7 Å². The van der Waals surface area contributed by atoms with Gasteiger partial charge in [0, 0.05) is 12.3 Å². The molecule has 0 saturated carbocycles. The van der Waals surface area contributed by atoms with Gasteiger partial charge in [-0.25, -0.2) is 9.59 Å². The second-order valence-corrected chi connectivity index (χ2v) is 6.61. The van der Waals surface area contributed by atoms with E-state index in [2.05, 4.69) is 10.1 Å². The van der Waals surface area contributed by atoms with Crippen molar-refractivity contribution in [3.05, 3.63) is 65.2 Å². The smallest absolute Gasteiger partial charge is 0.407 e. The molecule has 3 rings (SSSR count). The highest BCUT2D eigenvalue weighted by atomic mass is 16.5. The number of nitrogens with one attached hydrogen (secondary N) is 1. The predicted molar refractivity (Wildman–Crippen MR) is 104 cm³/mol. The number of amides is 1. The summed E-state index contributed by atoms with van der Waals surface area (Å²) in [7, 11) is 0. The molecule has 8 heteroatoms. The molecule has 0 fully saturated rings. The number of Topliss-reactive ketones (excluding diaryl/α,β-unsaturated/α-hetero) is 1. The molecule has 1 atom stereocenters. The zero-order valence-electron chi connectivity index (χ0n) is 15.4. The van der Waals surface area contributed by atoms with Gasteiger partial charge in [-0.1, -0.05) is 48.5 Å². The number of nitrogens with zero attached hydrogens (tertiary/aromatic N) is 2. The van der Waals surface area contributed by atoms with Crippen LogP contribution < -0.4 is 5.32 Å². The van der Waals surface area contributed by atoms with Crippen LogP contribution in [0.1, 0.15) is 29.9 Å². The van der Waals surface area contributed by atoms with E-state index < -0.39 is 23.9 Å². The minimum absolute atomic E-state index is 0.0578. The summed E-state index contributed by atoms with van der Waals surface area (Å²) < 4.78 is 5.31. The Hall–Kier alpha value is -3.77. The SMILES string of the molecule is [N-]=[N+]=CC(=O)CC[C@H](NC(=O)OCC1c2ccccc2-c2ccccc21)C(=O)O. The standard InChI is InChI=1S/C21H19N3O5/c22-23-11-13(25)9-10-19(20(26)27)24-21(28)29-12-18-16-7-3-1-5-14(16)15-6-2-4-8-17(15)18/h1-8,11,18-19H,9-10,12H2,(H,24,28)(H,26,27)/t19-/m0/s1. The average molecular weight is 393 g/mol. The Morgan fingerprint density at radius 2 is 1.69 bits per heavy atom. The molecule has 0 heterocycles. The molecule has 2 aromatic rings. The fraction of sp³-hybridized carbons (Fsp3) is 0.238. The maximum Gasteiger partial charge on any atom is 0.407 e. The van der Waals surface area contributed by atoms with Crippen LogP contribution in [0.15, 0.2) is 48.5 Å². The van der Waals surface area contributed by atoms with Crippen molar-refractivity contribution in [1.29, 1.82) is 0 Å². The van der Waals surface area contributed by atoms with Crippen molar-refractivity contribution in [3.8, 4) is 11.1 Å². The normalized spacial score (nSPS) is 12.8. The zero-order chi connectivity index (χ0) is 20.8. The highest BCUT2D eigenvalue weighted by Gasteiger charge is 2.29. The summed E-state index contributed by atoms with van der Waals surface area (Å²) in [4.78, 5) is 37.4. The third-order valence-electron chi connectivity index (χ3n) is 4.81. The molecular weight excluding hydrogens is 374 g/mol. The van der Waals surface area contributed by atoms with Crippen molar-refractivity contribution in [1.82, 2.24) is 5.32 Å². The van der Waals surface area contributed by atoms with Crippen LogP contribution >= 0.6 is 0 Å². The molecule has 0 radical (unpaired) electrons. The van der Waals surface area contributed by atoms with Gasteiger partial charge in [-0.15, -0.1) is 0 Å². The lowest BCUT2D eigenvalue weighted by atomic mass is 9.98. The number of fused-ring (bicyclic) bond motifs is 3. The van der Waals surface area contributed by atoms with Crippen molar-refractivity contribution < 1.29 is 29.0 Å². The lowest BCUT2D eigenvalue weighted by molar-refractivity contribution is -0.139. The number of carboxylic acids is 1. The van der Waals surface area contributed by atoms with E-state index in [0.717, 1.165) is 22.3 Å². The van der Waals surface area contributed by atoms with Crippen LogP contribution in [-0.4, -0.2) is 46.6 Å². The van der Waals surface area contributed by atoms with Gasteiger partial charge in [0.1, 0.15) is 12.6 Å². The molecule has 29 heavy (non-hydrogen) atoms. The number of hydrogen-bond acceptors (Lipinski definition) is 4. The fourth-order valence-corrected chi connectivity index (χ4v) is 3.46. The molecule has 0 spiro atoms. The van der Waals surface area contributed by atoms with Gasteiger partial charge >= 0.3 is 18.3 Å². The summed E-state index contributed by atoms with van der Waals surface area (Å²) in [5, 5.41) is 11.5. The molecule has 0 saturated heterocycles. The molecule has 2 aromatic carbocycles. The van der Waals surface area contributed by atoms with Gasteiger partial charge < -0.3 is 20.7 Å². The molecule has 0 bridgehead atoms. The second-order valence-electron chi connectivity index (χ2n) is 6.61. The topological polar surface area (TPSA) is 129 Å². The van der Waals surface area contributed by atoms with Crippen LogP contribution in [0.2, 0.25) is 0 Å². The van der Waals surface area contributed by atoms with Crippen molar-refractivity contribution in [2.75, 3.05) is 6.61 Å². The molecule has 1 aliphatic carbocycles. The molecule has 1 aliphatic rings. The van der Waals surface area contributed by atoms with Crippen LogP contribution in [0.4, 0.5) is 4.79 Å². The van der Waals surface area contributed by atoms with Gasteiger partial charge in [0.2, 0.25) is 5.78 Å². The van der Waals surface area contributed by atoms with Crippen molar-refractivity contribution >= 4 is 24.1 Å². The second kappa shape index (κ2) is 8.95. The summed E-state index contributed by atoms with van der Waals surface area (Å²) in [5.74, 6) is -1.97. The number of carboxylic acid groups (broad SMARTS) is 1. The molecule has 2 N–H and O–H groups in total. The van der Waals surface area contributed by atoms with E-state index in [9.17, 15) is 19.5 Å². The third kappa shape index (κ3) is 4.56. The number of carbonyl (C=O) groups excluding carboxylic acids is 2. The zero-order valence-corrected chi connectivity index (χ0v) is 15.4. The quantitative estimate of drug-likeness (QED) is 0.405. The first-order valence-corrected chi connectivity index (χ1v) is 9.06. The monoisotopic (exact) mass is 393 g/mol. The minimum Gasteiger partial charge on any atom is -0.480 e. The summed E-state index contributed by atoms with van der Waals surface area (Å²) in [6.45, 7) is 0.0578. The number of ketones is 1. The number of ether oxygens (including phenoxy) is 1. The van der Waals surface area contributed by atoms with Gasteiger partial charge in [0.25, 0.3) is 0 Å². The van der Waals surface area contributed by atoms with Crippen molar-refractivity contribution in [3.63, 3.8) is 0 Å². The number of alkyl carbamates (subject to hydrolysis) is 1. The minimum atomic E-state index is -1.29. The number of rotatable bonds is 8. The molecule has 0 aliphatic heterocycles. The van der Waals surface area contributed by atoms with Crippen LogP contribution in [0.5, 0.6) is 0 Å². The van der Waals surface area contributed by atoms with E-state index in [0.29, 0.717) is 6.21 Å². The van der Waals surface area contributed by atoms with E-state index in [-0.39, 0.29) is 25.4 Å². The highest BCUT2D eigenvalue weighted by Crippen LogP contribution is 2.44. The first kappa shape index (κ1) is 20.0. The van der Waals surface area contributed by atoms with Gasteiger partial charge in [0.05, 0.1) is 0 Å². The molecular formula is C21H19N3O5. The Balaban J connectivity index is 1.63. The van der Waals surface area contributed by atoms with Gasteiger partial charge in [-0.05, 0) is 28.7 Å². The van der Waals surface area contributed by atoms with Crippen LogP contribution in [0.3, 0.4) is 0 Å². The van der Waals surface area contributed by atoms with E-state index in [1.54, 1.807) is 0 Å². The fourth-order valence-electron chi connectivity index (χ4n) is 3.46. The molecule has 1 amide bonds. The molecule has 0 unspecified atom stereocenters. The number of hydrogen-bond donors (Lipinski definition) is 2. The lowest BCUT2D eigenvalue weighted by Gasteiger charge is -2.17. The summed E-state index contributed by atoms with van der Waals surface area (Å²) in [5.41, 5.74) is 12.6. The Morgan fingerprint density at radius 3 is 2.24 bits per heavy atom. The highest BCUT2D eigenvalue weighted by molar-refractivity contribution is 6.25. The van der Waals surface area contributed by atoms with E-state index in [1.165, 1.54) is 0 Å². The van der Waals surface area contributed by atoms with Gasteiger partial charge in [-0.2, -0.15) is 4.79 Å². The largest absolute Gasteiger partial charge is 0.480 e.